The van der Waals surface area contributed by atoms with E-state index in [1.165, 1.54) is 0 Å². The number of fused-ring (bicyclic) bond motifs is 1. The highest BCUT2D eigenvalue weighted by Gasteiger charge is 2.12. The van der Waals surface area contributed by atoms with Gasteiger partial charge in [-0.1, -0.05) is 56.2 Å². The van der Waals surface area contributed by atoms with Gasteiger partial charge in [-0.3, -0.25) is 4.79 Å². The van der Waals surface area contributed by atoms with Crippen LogP contribution in [0.3, 0.4) is 0 Å². The lowest BCUT2D eigenvalue weighted by Gasteiger charge is -2.08. The number of ether oxygens (including phenoxy) is 1. The van der Waals surface area contributed by atoms with Crippen LogP contribution >= 0.6 is 0 Å². The van der Waals surface area contributed by atoms with Crippen LogP contribution in [-0.4, -0.2) is 25.0 Å². The maximum absolute atomic E-state index is 12.1. The molecule has 2 aromatic rings. The summed E-state index contributed by atoms with van der Waals surface area (Å²) in [5, 5.41) is 4.55. The molecular weight excluding hydrogens is 278 g/mol. The fraction of sp³-hybridized carbons (Fsp3) is 0.333. The summed E-state index contributed by atoms with van der Waals surface area (Å²) >= 11 is 0. The molecule has 0 bridgehead atoms. The Morgan fingerprint density at radius 1 is 1.05 bits per heavy atom. The Hall–Kier alpha value is -2.36. The second-order valence-corrected chi connectivity index (χ2v) is 5.16. The van der Waals surface area contributed by atoms with Gasteiger partial charge in [0.2, 0.25) is 0 Å². The molecule has 0 heterocycles. The standard InChI is InChI=1S/C18H21NO3/c1-2-3-6-12-19-17(20)13-22-18(21)16-11-7-9-14-8-4-5-10-15(14)16/h4-5,7-11H,2-3,6,12-13H2,1H3,(H,19,20). The molecule has 1 N–H and O–H groups in total. The Morgan fingerprint density at radius 3 is 2.64 bits per heavy atom. The van der Waals surface area contributed by atoms with E-state index in [0.29, 0.717) is 12.1 Å². The second kappa shape index (κ2) is 8.17. The molecule has 4 heteroatoms. The molecule has 0 aromatic heterocycles. The minimum absolute atomic E-state index is 0.242. The lowest BCUT2D eigenvalue weighted by atomic mass is 10.1. The molecule has 0 saturated carbocycles. The quantitative estimate of drug-likeness (QED) is 0.630. The highest BCUT2D eigenvalue weighted by atomic mass is 16.5. The molecule has 0 radical (unpaired) electrons. The van der Waals surface area contributed by atoms with Crippen LogP contribution in [0.2, 0.25) is 0 Å². The number of benzene rings is 2. The molecule has 0 aliphatic heterocycles. The van der Waals surface area contributed by atoms with Crippen molar-refractivity contribution in [3.8, 4) is 0 Å². The van der Waals surface area contributed by atoms with Crippen LogP contribution in [0.25, 0.3) is 10.8 Å². The summed E-state index contributed by atoms with van der Waals surface area (Å²) in [6, 6.07) is 13.1. The van der Waals surface area contributed by atoms with Gasteiger partial charge in [-0.25, -0.2) is 4.79 Å². The summed E-state index contributed by atoms with van der Waals surface area (Å²) in [4.78, 5) is 23.8. The zero-order valence-corrected chi connectivity index (χ0v) is 12.8. The number of hydrogen-bond acceptors (Lipinski definition) is 3. The molecule has 0 atom stereocenters. The first-order chi connectivity index (χ1) is 10.7. The largest absolute Gasteiger partial charge is 0.452 e. The van der Waals surface area contributed by atoms with Crippen molar-refractivity contribution >= 4 is 22.6 Å². The van der Waals surface area contributed by atoms with E-state index in [-0.39, 0.29) is 12.5 Å². The maximum Gasteiger partial charge on any atom is 0.339 e. The van der Waals surface area contributed by atoms with Crippen molar-refractivity contribution in [2.75, 3.05) is 13.2 Å². The van der Waals surface area contributed by atoms with Gasteiger partial charge in [-0.05, 0) is 23.3 Å². The zero-order chi connectivity index (χ0) is 15.8. The minimum Gasteiger partial charge on any atom is -0.452 e. The van der Waals surface area contributed by atoms with Gasteiger partial charge in [0.05, 0.1) is 5.56 Å². The van der Waals surface area contributed by atoms with Crippen molar-refractivity contribution < 1.29 is 14.3 Å². The van der Waals surface area contributed by atoms with E-state index in [4.69, 9.17) is 4.74 Å². The predicted molar refractivity (Wildman–Crippen MR) is 86.8 cm³/mol. The summed E-state index contributed by atoms with van der Waals surface area (Å²) in [6.07, 6.45) is 3.13. The van der Waals surface area contributed by atoms with Gasteiger partial charge in [-0.15, -0.1) is 0 Å². The monoisotopic (exact) mass is 299 g/mol. The van der Waals surface area contributed by atoms with Gasteiger partial charge in [0.25, 0.3) is 5.91 Å². The van der Waals surface area contributed by atoms with E-state index >= 15 is 0 Å². The van der Waals surface area contributed by atoms with Crippen molar-refractivity contribution in [3.05, 3.63) is 48.0 Å². The van der Waals surface area contributed by atoms with Crippen molar-refractivity contribution in [2.45, 2.75) is 26.2 Å². The molecule has 1 amide bonds. The number of esters is 1. The van der Waals surface area contributed by atoms with Crippen LogP contribution in [0, 0.1) is 0 Å². The topological polar surface area (TPSA) is 55.4 Å². The molecule has 22 heavy (non-hydrogen) atoms. The Labute approximate surface area is 130 Å². The van der Waals surface area contributed by atoms with Crippen LogP contribution < -0.4 is 5.32 Å². The fourth-order valence-corrected chi connectivity index (χ4v) is 2.27. The van der Waals surface area contributed by atoms with E-state index in [2.05, 4.69) is 12.2 Å². The minimum atomic E-state index is -0.472. The molecule has 2 aromatic carbocycles. The summed E-state index contributed by atoms with van der Waals surface area (Å²) in [6.45, 7) is 2.49. The SMILES string of the molecule is CCCCCNC(=O)COC(=O)c1cccc2ccccc12. The third-order valence-electron chi connectivity index (χ3n) is 3.45. The van der Waals surface area contributed by atoms with Crippen LogP contribution in [0.15, 0.2) is 42.5 Å². The third kappa shape index (κ3) is 4.32. The van der Waals surface area contributed by atoms with E-state index in [1.807, 2.05) is 36.4 Å². The van der Waals surface area contributed by atoms with E-state index < -0.39 is 5.97 Å². The summed E-state index contributed by atoms with van der Waals surface area (Å²) < 4.78 is 5.10. The second-order valence-electron chi connectivity index (χ2n) is 5.16. The number of unbranched alkanes of at least 4 members (excludes halogenated alkanes) is 2. The highest BCUT2D eigenvalue weighted by Crippen LogP contribution is 2.19. The van der Waals surface area contributed by atoms with Crippen LogP contribution in [0.5, 0.6) is 0 Å². The molecule has 4 nitrogen and oxygen atoms in total. The van der Waals surface area contributed by atoms with E-state index in [1.54, 1.807) is 6.07 Å². The fourth-order valence-electron chi connectivity index (χ4n) is 2.27. The van der Waals surface area contributed by atoms with E-state index in [9.17, 15) is 9.59 Å². The smallest absolute Gasteiger partial charge is 0.339 e. The highest BCUT2D eigenvalue weighted by molar-refractivity contribution is 6.04. The lowest BCUT2D eigenvalue weighted by molar-refractivity contribution is -0.124. The van der Waals surface area contributed by atoms with Gasteiger partial charge in [0.15, 0.2) is 6.61 Å². The number of hydrogen-bond donors (Lipinski definition) is 1. The Morgan fingerprint density at radius 2 is 1.82 bits per heavy atom. The molecule has 2 rings (SSSR count). The van der Waals surface area contributed by atoms with Crippen molar-refractivity contribution in [1.29, 1.82) is 0 Å². The molecule has 0 saturated heterocycles. The molecule has 0 aliphatic rings. The molecule has 0 aliphatic carbocycles. The molecule has 0 unspecified atom stereocenters. The molecule has 0 fully saturated rings. The number of amides is 1. The van der Waals surface area contributed by atoms with E-state index in [0.717, 1.165) is 30.0 Å². The Balaban J connectivity index is 1.90. The van der Waals surface area contributed by atoms with Crippen LogP contribution in [0.1, 0.15) is 36.5 Å². The first kappa shape index (κ1) is 16.0. The predicted octanol–water partition coefficient (Wildman–Crippen LogP) is 3.30. The molecule has 0 spiro atoms. The average Bonchev–Trinajstić information content (AvgIpc) is 2.56. The van der Waals surface area contributed by atoms with Gasteiger partial charge in [0.1, 0.15) is 0 Å². The van der Waals surface area contributed by atoms with Crippen LogP contribution in [0.4, 0.5) is 0 Å². The first-order valence-electron chi connectivity index (χ1n) is 7.64. The van der Waals surface area contributed by atoms with Crippen molar-refractivity contribution in [2.24, 2.45) is 0 Å². The molecule has 116 valence electrons. The number of carbonyl (C=O) groups is 2. The Bertz CT molecular complexity index is 646. The van der Waals surface area contributed by atoms with Crippen molar-refractivity contribution in [3.63, 3.8) is 0 Å². The third-order valence-corrected chi connectivity index (χ3v) is 3.45. The van der Waals surface area contributed by atoms with Gasteiger partial charge in [0, 0.05) is 6.54 Å². The van der Waals surface area contributed by atoms with Gasteiger partial charge in [-0.2, -0.15) is 0 Å². The lowest BCUT2D eigenvalue weighted by Crippen LogP contribution is -2.29. The summed E-state index contributed by atoms with van der Waals surface area (Å²) in [7, 11) is 0. The zero-order valence-electron chi connectivity index (χ0n) is 12.8. The number of carbonyl (C=O) groups excluding carboxylic acids is 2. The summed E-state index contributed by atoms with van der Waals surface area (Å²) in [5.74, 6) is -0.731. The average molecular weight is 299 g/mol. The van der Waals surface area contributed by atoms with Gasteiger partial charge < -0.3 is 10.1 Å². The Kier molecular flexibility index (Phi) is 5.95. The summed E-state index contributed by atoms with van der Waals surface area (Å²) in [5.41, 5.74) is 0.483. The number of nitrogens with one attached hydrogen (secondary N) is 1. The number of rotatable bonds is 7. The maximum atomic E-state index is 12.1. The van der Waals surface area contributed by atoms with Crippen LogP contribution in [-0.2, 0) is 9.53 Å². The van der Waals surface area contributed by atoms with Gasteiger partial charge >= 0.3 is 5.97 Å². The molecular formula is C18H21NO3. The van der Waals surface area contributed by atoms with Crippen molar-refractivity contribution in [1.82, 2.24) is 5.32 Å². The first-order valence-corrected chi connectivity index (χ1v) is 7.64. The normalized spacial score (nSPS) is 10.4.